The molecule has 1 fully saturated rings. The molecule has 1 saturated heterocycles. The van der Waals surface area contributed by atoms with E-state index in [-0.39, 0.29) is 25.5 Å². The predicted octanol–water partition coefficient (Wildman–Crippen LogP) is -3.56. The third-order valence-electron chi connectivity index (χ3n) is 1.86. The number of nitrogens with zero attached hydrogens (tertiary/aromatic N) is 1. The Morgan fingerprint density at radius 2 is 2.33 bits per heavy atom. The zero-order chi connectivity index (χ0) is 5.98. The van der Waals surface area contributed by atoms with E-state index in [9.17, 15) is 5.11 Å². The average Bonchev–Trinajstić information content (AvgIpc) is 2.14. The van der Waals surface area contributed by atoms with Crippen LogP contribution in [0.5, 0.6) is 0 Å². The minimum Gasteiger partial charge on any atom is -0.853 e. The Hall–Kier alpha value is 0.517. The van der Waals surface area contributed by atoms with Crippen LogP contribution in [0.3, 0.4) is 0 Å². The predicted molar refractivity (Wildman–Crippen MR) is 30.5 cm³/mol. The molecule has 0 bridgehead atoms. The number of rotatable bonds is 1. The van der Waals surface area contributed by atoms with Crippen molar-refractivity contribution in [1.29, 1.82) is 0 Å². The zero-order valence-electron chi connectivity index (χ0n) is 6.26. The van der Waals surface area contributed by atoms with Crippen molar-refractivity contribution < 1.29 is 24.0 Å². The van der Waals surface area contributed by atoms with E-state index in [1.54, 1.807) is 0 Å². The summed E-state index contributed by atoms with van der Waals surface area (Å²) in [5.41, 5.74) is 0. The Kier molecular flexibility index (Phi) is 4.60. The SMILES string of the molecule is CN1CCC[C@H]1C[O-].[Li+]. The van der Waals surface area contributed by atoms with E-state index in [1.165, 1.54) is 6.42 Å². The van der Waals surface area contributed by atoms with Crippen LogP contribution < -0.4 is 24.0 Å². The van der Waals surface area contributed by atoms with E-state index in [1.807, 2.05) is 7.05 Å². The summed E-state index contributed by atoms with van der Waals surface area (Å²) in [6, 6.07) is 0.343. The van der Waals surface area contributed by atoms with Crippen molar-refractivity contribution in [3.8, 4) is 0 Å². The first-order chi connectivity index (χ1) is 3.84. The van der Waals surface area contributed by atoms with Crippen molar-refractivity contribution in [3.63, 3.8) is 0 Å². The topological polar surface area (TPSA) is 26.3 Å². The van der Waals surface area contributed by atoms with Gasteiger partial charge in [0.15, 0.2) is 0 Å². The molecule has 3 heteroatoms. The van der Waals surface area contributed by atoms with Gasteiger partial charge in [-0.15, -0.1) is 6.61 Å². The van der Waals surface area contributed by atoms with Crippen LogP contribution in [0.15, 0.2) is 0 Å². The molecule has 0 aliphatic carbocycles. The van der Waals surface area contributed by atoms with E-state index in [2.05, 4.69) is 4.90 Å². The van der Waals surface area contributed by atoms with Gasteiger partial charge in [0.2, 0.25) is 0 Å². The van der Waals surface area contributed by atoms with Crippen LogP contribution in [0, 0.1) is 0 Å². The van der Waals surface area contributed by atoms with Gasteiger partial charge in [0.25, 0.3) is 0 Å². The molecule has 0 aromatic carbocycles. The van der Waals surface area contributed by atoms with E-state index in [4.69, 9.17) is 0 Å². The Labute approximate surface area is 68.4 Å². The molecule has 1 aliphatic rings. The van der Waals surface area contributed by atoms with Crippen molar-refractivity contribution in [2.75, 3.05) is 20.2 Å². The fourth-order valence-corrected chi connectivity index (χ4v) is 1.19. The number of likely N-dealkylation sites (tertiary alicyclic amines) is 1. The van der Waals surface area contributed by atoms with Crippen LogP contribution in [-0.2, 0) is 0 Å². The number of hydrogen-bond acceptors (Lipinski definition) is 2. The second kappa shape index (κ2) is 4.35. The summed E-state index contributed by atoms with van der Waals surface area (Å²) in [5.74, 6) is 0. The van der Waals surface area contributed by atoms with Crippen LogP contribution in [0.25, 0.3) is 0 Å². The fraction of sp³-hybridized carbons (Fsp3) is 1.00. The normalized spacial score (nSPS) is 28.0. The Morgan fingerprint density at radius 3 is 2.56 bits per heavy atom. The molecule has 1 rings (SSSR count). The summed E-state index contributed by atoms with van der Waals surface area (Å²) < 4.78 is 0. The molecule has 9 heavy (non-hydrogen) atoms. The summed E-state index contributed by atoms with van der Waals surface area (Å²) in [4.78, 5) is 2.15. The first-order valence-electron chi connectivity index (χ1n) is 3.13. The molecule has 0 radical (unpaired) electrons. The quantitative estimate of drug-likeness (QED) is 0.336. The van der Waals surface area contributed by atoms with Gasteiger partial charge >= 0.3 is 18.9 Å². The second-order valence-corrected chi connectivity index (χ2v) is 2.44. The van der Waals surface area contributed by atoms with E-state index in [0.717, 1.165) is 13.0 Å². The Bertz CT molecular complexity index is 79.5. The molecule has 0 saturated carbocycles. The summed E-state index contributed by atoms with van der Waals surface area (Å²) in [5, 5.41) is 10.3. The summed E-state index contributed by atoms with van der Waals surface area (Å²) in [7, 11) is 2.02. The van der Waals surface area contributed by atoms with Crippen molar-refractivity contribution in [3.05, 3.63) is 0 Å². The van der Waals surface area contributed by atoms with Gasteiger partial charge in [-0.1, -0.05) is 0 Å². The molecule has 1 aliphatic heterocycles. The molecule has 0 spiro atoms. The maximum absolute atomic E-state index is 10.3. The molecule has 0 N–H and O–H groups in total. The Morgan fingerprint density at radius 1 is 1.67 bits per heavy atom. The molecule has 0 amide bonds. The monoisotopic (exact) mass is 121 g/mol. The van der Waals surface area contributed by atoms with Crippen molar-refractivity contribution >= 4 is 0 Å². The molecule has 1 heterocycles. The molecule has 1 atom stereocenters. The first-order valence-corrected chi connectivity index (χ1v) is 3.13. The number of hydrogen-bond donors (Lipinski definition) is 0. The summed E-state index contributed by atoms with van der Waals surface area (Å²) in [6.07, 6.45) is 2.32. The summed E-state index contributed by atoms with van der Waals surface area (Å²) >= 11 is 0. The molecule has 0 unspecified atom stereocenters. The van der Waals surface area contributed by atoms with Crippen molar-refractivity contribution in [2.45, 2.75) is 18.9 Å². The van der Waals surface area contributed by atoms with Gasteiger partial charge in [0, 0.05) is 0 Å². The molecule has 0 aromatic rings. The first kappa shape index (κ1) is 9.52. The van der Waals surface area contributed by atoms with Gasteiger partial charge in [0.05, 0.1) is 0 Å². The largest absolute Gasteiger partial charge is 1.00 e. The Balaban J connectivity index is 0.000000640. The van der Waals surface area contributed by atoms with E-state index in [0.29, 0.717) is 6.04 Å². The minimum absolute atomic E-state index is 0. The fourth-order valence-electron chi connectivity index (χ4n) is 1.19. The van der Waals surface area contributed by atoms with Gasteiger partial charge < -0.3 is 10.0 Å². The van der Waals surface area contributed by atoms with Gasteiger partial charge in [0.1, 0.15) is 0 Å². The van der Waals surface area contributed by atoms with Crippen LogP contribution in [0.1, 0.15) is 12.8 Å². The smallest absolute Gasteiger partial charge is 0.853 e. The number of likely N-dealkylation sites (N-methyl/N-ethyl adjacent to an activating group) is 1. The maximum Gasteiger partial charge on any atom is 1.00 e. The standard InChI is InChI=1S/C6H12NO.Li/c1-7-4-2-3-6(7)5-8;/h6H,2-5H2,1H3;/q-1;+1/t6-;/m0./s1. The van der Waals surface area contributed by atoms with Gasteiger partial charge in [-0.2, -0.15) is 0 Å². The van der Waals surface area contributed by atoms with Gasteiger partial charge in [-0.3, -0.25) is 0 Å². The van der Waals surface area contributed by atoms with E-state index >= 15 is 0 Å². The molecular weight excluding hydrogens is 109 g/mol. The maximum atomic E-state index is 10.3. The molecule has 48 valence electrons. The third-order valence-corrected chi connectivity index (χ3v) is 1.86. The zero-order valence-corrected chi connectivity index (χ0v) is 6.26. The average molecular weight is 121 g/mol. The van der Waals surface area contributed by atoms with Gasteiger partial charge in [-0.05, 0) is 32.5 Å². The van der Waals surface area contributed by atoms with Crippen molar-refractivity contribution in [2.24, 2.45) is 0 Å². The van der Waals surface area contributed by atoms with Crippen LogP contribution in [0.4, 0.5) is 0 Å². The van der Waals surface area contributed by atoms with Crippen LogP contribution >= 0.6 is 0 Å². The molecule has 0 aromatic heterocycles. The molecular formula is C6H12LiNO. The minimum atomic E-state index is 0. The summed E-state index contributed by atoms with van der Waals surface area (Å²) in [6.45, 7) is 1.20. The van der Waals surface area contributed by atoms with Crippen LogP contribution in [-0.4, -0.2) is 31.1 Å². The van der Waals surface area contributed by atoms with Gasteiger partial charge in [-0.25, -0.2) is 0 Å². The third kappa shape index (κ3) is 2.31. The molecule has 2 nitrogen and oxygen atoms in total. The van der Waals surface area contributed by atoms with E-state index < -0.39 is 0 Å². The van der Waals surface area contributed by atoms with Crippen LogP contribution in [0.2, 0.25) is 0 Å². The second-order valence-electron chi connectivity index (χ2n) is 2.44. The van der Waals surface area contributed by atoms with Crippen molar-refractivity contribution in [1.82, 2.24) is 4.90 Å².